The maximum Gasteiger partial charge on any atom is 0.186 e. The molecule has 2 aliphatic rings. The highest BCUT2D eigenvalue weighted by molar-refractivity contribution is 5.13. The first kappa shape index (κ1) is 10.2. The van der Waals surface area contributed by atoms with Crippen molar-refractivity contribution in [1.82, 2.24) is 0 Å². The van der Waals surface area contributed by atoms with Crippen LogP contribution >= 0.6 is 0 Å². The molecule has 4 atom stereocenters. The summed E-state index contributed by atoms with van der Waals surface area (Å²) in [5.74, 6) is 0. The van der Waals surface area contributed by atoms with Crippen molar-refractivity contribution in [2.45, 2.75) is 31.1 Å². The van der Waals surface area contributed by atoms with Crippen molar-refractivity contribution in [3.05, 3.63) is 35.9 Å². The molecule has 0 bridgehead atoms. The van der Waals surface area contributed by atoms with Crippen molar-refractivity contribution in [3.8, 4) is 0 Å². The first-order valence-electron chi connectivity index (χ1n) is 5.53. The molecule has 0 saturated carbocycles. The highest BCUT2D eigenvalue weighted by Gasteiger charge is 2.53. The van der Waals surface area contributed by atoms with E-state index in [0.29, 0.717) is 13.2 Å². The van der Waals surface area contributed by atoms with Gasteiger partial charge in [0.25, 0.3) is 0 Å². The second kappa shape index (κ2) is 4.14. The molecule has 0 spiro atoms. The Morgan fingerprint density at radius 3 is 2.88 bits per heavy atom. The first-order chi connectivity index (χ1) is 7.84. The third-order valence-corrected chi connectivity index (χ3v) is 2.96. The molecule has 2 saturated heterocycles. The minimum atomic E-state index is -0.259. The van der Waals surface area contributed by atoms with Crippen molar-refractivity contribution >= 4 is 0 Å². The van der Waals surface area contributed by atoms with Crippen LogP contribution in [0.5, 0.6) is 0 Å². The van der Waals surface area contributed by atoms with Gasteiger partial charge in [0.05, 0.1) is 19.3 Å². The van der Waals surface area contributed by atoms with Crippen LogP contribution in [0.15, 0.2) is 30.3 Å². The summed E-state index contributed by atoms with van der Waals surface area (Å²) < 4.78 is 16.6. The lowest BCUT2D eigenvalue weighted by Gasteiger charge is -2.23. The van der Waals surface area contributed by atoms with Gasteiger partial charge in [-0.3, -0.25) is 0 Å². The van der Waals surface area contributed by atoms with Crippen molar-refractivity contribution in [2.24, 2.45) is 5.73 Å². The molecule has 16 heavy (non-hydrogen) atoms. The standard InChI is InChI=1S/C12H15NO3/c13-9-7-15-12(11-10(9)16-11)14-6-8-4-2-1-3-5-8/h1-5,9-12H,6-7,13H2/t9-,10+,11+,12+/m1/s1. The van der Waals surface area contributed by atoms with E-state index in [0.717, 1.165) is 5.56 Å². The predicted octanol–water partition coefficient (Wildman–Crippen LogP) is 0.654. The lowest BCUT2D eigenvalue weighted by molar-refractivity contribution is -0.168. The molecule has 0 amide bonds. The van der Waals surface area contributed by atoms with E-state index in [9.17, 15) is 0 Å². The van der Waals surface area contributed by atoms with Gasteiger partial charge >= 0.3 is 0 Å². The topological polar surface area (TPSA) is 57.0 Å². The van der Waals surface area contributed by atoms with Gasteiger partial charge in [0.2, 0.25) is 0 Å². The maximum absolute atomic E-state index is 5.78. The molecule has 4 nitrogen and oxygen atoms in total. The maximum atomic E-state index is 5.78. The van der Waals surface area contributed by atoms with Gasteiger partial charge in [0, 0.05) is 0 Å². The third kappa shape index (κ3) is 1.97. The highest BCUT2D eigenvalue weighted by atomic mass is 16.7. The van der Waals surface area contributed by atoms with Gasteiger partial charge in [-0.05, 0) is 5.56 Å². The van der Waals surface area contributed by atoms with Crippen molar-refractivity contribution in [2.75, 3.05) is 6.61 Å². The average molecular weight is 221 g/mol. The Morgan fingerprint density at radius 2 is 2.06 bits per heavy atom. The summed E-state index contributed by atoms with van der Waals surface area (Å²) in [5.41, 5.74) is 6.92. The van der Waals surface area contributed by atoms with E-state index < -0.39 is 0 Å². The van der Waals surface area contributed by atoms with Crippen molar-refractivity contribution in [1.29, 1.82) is 0 Å². The number of hydrogen-bond acceptors (Lipinski definition) is 4. The van der Waals surface area contributed by atoms with Crippen molar-refractivity contribution in [3.63, 3.8) is 0 Å². The molecule has 2 N–H and O–H groups in total. The highest BCUT2D eigenvalue weighted by Crippen LogP contribution is 2.34. The Morgan fingerprint density at radius 1 is 1.25 bits per heavy atom. The Bertz CT molecular complexity index is 357. The lowest BCUT2D eigenvalue weighted by Crippen LogP contribution is -2.43. The smallest absolute Gasteiger partial charge is 0.186 e. The number of nitrogens with two attached hydrogens (primary N) is 1. The summed E-state index contributed by atoms with van der Waals surface area (Å²) in [4.78, 5) is 0. The summed E-state index contributed by atoms with van der Waals surface area (Å²) in [6.45, 7) is 1.06. The van der Waals surface area contributed by atoms with Crippen LogP contribution in [0.1, 0.15) is 5.56 Å². The van der Waals surface area contributed by atoms with Gasteiger partial charge in [0.15, 0.2) is 6.29 Å². The summed E-state index contributed by atoms with van der Waals surface area (Å²) >= 11 is 0. The SMILES string of the molecule is N[C@@H]1CO[C@H](OCc2ccccc2)[C@H]2O[C@H]21. The molecule has 0 radical (unpaired) electrons. The monoisotopic (exact) mass is 221 g/mol. The van der Waals surface area contributed by atoms with E-state index in [2.05, 4.69) is 0 Å². The van der Waals surface area contributed by atoms with Gasteiger partial charge in [-0.1, -0.05) is 30.3 Å². The van der Waals surface area contributed by atoms with Crippen LogP contribution in [0.2, 0.25) is 0 Å². The second-order valence-corrected chi connectivity index (χ2v) is 4.23. The number of benzene rings is 1. The molecule has 2 heterocycles. The minimum Gasteiger partial charge on any atom is -0.362 e. The Labute approximate surface area is 94.3 Å². The van der Waals surface area contributed by atoms with E-state index in [-0.39, 0.29) is 24.5 Å². The van der Waals surface area contributed by atoms with Crippen LogP contribution in [0.3, 0.4) is 0 Å². The number of epoxide rings is 1. The molecule has 86 valence electrons. The van der Waals surface area contributed by atoms with Crippen LogP contribution in [-0.2, 0) is 20.8 Å². The Kier molecular flexibility index (Phi) is 2.65. The number of rotatable bonds is 3. The van der Waals surface area contributed by atoms with E-state index in [1.165, 1.54) is 0 Å². The van der Waals surface area contributed by atoms with E-state index in [4.69, 9.17) is 19.9 Å². The van der Waals surface area contributed by atoms with Crippen LogP contribution in [0, 0.1) is 0 Å². The van der Waals surface area contributed by atoms with Gasteiger partial charge in [-0.25, -0.2) is 0 Å². The fourth-order valence-corrected chi connectivity index (χ4v) is 1.99. The molecule has 2 fully saturated rings. The zero-order chi connectivity index (χ0) is 11.0. The van der Waals surface area contributed by atoms with Gasteiger partial charge < -0.3 is 19.9 Å². The summed E-state index contributed by atoms with van der Waals surface area (Å²) in [5, 5.41) is 0. The largest absolute Gasteiger partial charge is 0.362 e. The molecule has 2 aliphatic heterocycles. The first-order valence-corrected chi connectivity index (χ1v) is 5.53. The van der Waals surface area contributed by atoms with E-state index in [1.54, 1.807) is 0 Å². The van der Waals surface area contributed by atoms with E-state index in [1.807, 2.05) is 30.3 Å². The lowest BCUT2D eigenvalue weighted by atomic mass is 10.1. The molecule has 0 aliphatic carbocycles. The molecule has 3 rings (SSSR count). The molecule has 0 aromatic heterocycles. The Balaban J connectivity index is 1.53. The fraction of sp³-hybridized carbons (Fsp3) is 0.500. The van der Waals surface area contributed by atoms with Crippen LogP contribution in [0.4, 0.5) is 0 Å². The predicted molar refractivity (Wildman–Crippen MR) is 57.6 cm³/mol. The zero-order valence-electron chi connectivity index (χ0n) is 8.91. The minimum absolute atomic E-state index is 0.00146. The summed E-state index contributed by atoms with van der Waals surface area (Å²) in [7, 11) is 0. The van der Waals surface area contributed by atoms with Gasteiger partial charge in [0.1, 0.15) is 12.2 Å². The molecular formula is C12H15NO3. The Hall–Kier alpha value is -0.940. The normalized spacial score (nSPS) is 36.8. The molecule has 0 unspecified atom stereocenters. The number of hydrogen-bond donors (Lipinski definition) is 1. The van der Waals surface area contributed by atoms with E-state index >= 15 is 0 Å². The molecular weight excluding hydrogens is 206 g/mol. The van der Waals surface area contributed by atoms with Crippen molar-refractivity contribution < 1.29 is 14.2 Å². The quantitative estimate of drug-likeness (QED) is 0.761. The molecule has 1 aromatic rings. The fourth-order valence-electron chi connectivity index (χ4n) is 1.99. The average Bonchev–Trinajstić information content (AvgIpc) is 3.11. The van der Waals surface area contributed by atoms with Gasteiger partial charge in [-0.2, -0.15) is 0 Å². The van der Waals surface area contributed by atoms with Crippen LogP contribution in [-0.4, -0.2) is 31.1 Å². The van der Waals surface area contributed by atoms with Crippen LogP contribution in [0.25, 0.3) is 0 Å². The second-order valence-electron chi connectivity index (χ2n) is 4.23. The van der Waals surface area contributed by atoms with Gasteiger partial charge in [-0.15, -0.1) is 0 Å². The zero-order valence-corrected chi connectivity index (χ0v) is 8.91. The third-order valence-electron chi connectivity index (χ3n) is 2.96. The number of ether oxygens (including phenoxy) is 3. The number of fused-ring (bicyclic) bond motifs is 1. The summed E-state index contributed by atoms with van der Waals surface area (Å²) in [6, 6.07) is 10.0. The molecule has 4 heteroatoms. The van der Waals surface area contributed by atoms with Crippen LogP contribution < -0.4 is 5.73 Å². The molecule has 1 aromatic carbocycles. The summed E-state index contributed by atoms with van der Waals surface area (Å²) in [6.07, 6.45) is -0.0907.